The van der Waals surface area contributed by atoms with E-state index < -0.39 is 22.4 Å². The van der Waals surface area contributed by atoms with E-state index >= 15 is 0 Å². The molecule has 90 valence electrons. The quantitative estimate of drug-likeness (QED) is 0.454. The van der Waals surface area contributed by atoms with Gasteiger partial charge in [-0.15, -0.1) is 0 Å². The summed E-state index contributed by atoms with van der Waals surface area (Å²) < 4.78 is 10.9. The minimum atomic E-state index is -1.32. The molecule has 1 fully saturated rings. The molecule has 0 bridgehead atoms. The summed E-state index contributed by atoms with van der Waals surface area (Å²) in [4.78, 5) is 10.2. The minimum Gasteiger partial charge on any atom is -0.481 e. The number of nitrogens with zero attached hydrogens (tertiary/aromatic N) is 1. The van der Waals surface area contributed by atoms with Gasteiger partial charge in [0.2, 0.25) is 5.79 Å². The highest BCUT2D eigenvalue weighted by molar-refractivity contribution is 5.50. The van der Waals surface area contributed by atoms with Gasteiger partial charge in [0.25, 0.3) is 5.69 Å². The molecule has 1 saturated heterocycles. The first-order valence-electron chi connectivity index (χ1n) is 5.23. The number of aliphatic hydroxyl groups is 1. The molecular weight excluding hydrogens is 226 g/mol. The fraction of sp³-hybridized carbons (Fsp3) is 0.455. The number of hydrogen-bond acceptors (Lipinski definition) is 5. The summed E-state index contributed by atoms with van der Waals surface area (Å²) in [5, 5.41) is 20.8. The van der Waals surface area contributed by atoms with Crippen LogP contribution in [0.15, 0.2) is 18.2 Å². The molecular formula is C11H11NO5. The second-order valence-corrected chi connectivity index (χ2v) is 4.79. The fourth-order valence-corrected chi connectivity index (χ4v) is 2.17. The van der Waals surface area contributed by atoms with Gasteiger partial charge in [-0.1, -0.05) is 0 Å². The lowest BCUT2D eigenvalue weighted by Crippen LogP contribution is -2.47. The van der Waals surface area contributed by atoms with Gasteiger partial charge in [0, 0.05) is 11.6 Å². The Morgan fingerprint density at radius 3 is 2.82 bits per heavy atom. The van der Waals surface area contributed by atoms with Crippen LogP contribution in [-0.2, 0) is 4.74 Å². The molecule has 2 aliphatic heterocycles. The maximum absolute atomic E-state index is 10.7. The Kier molecular flexibility index (Phi) is 1.71. The van der Waals surface area contributed by atoms with Gasteiger partial charge in [0.15, 0.2) is 5.60 Å². The Hall–Kier alpha value is -1.66. The van der Waals surface area contributed by atoms with E-state index in [1.807, 2.05) is 0 Å². The predicted molar refractivity (Wildman–Crippen MR) is 56.6 cm³/mol. The molecule has 0 amide bonds. The van der Waals surface area contributed by atoms with Gasteiger partial charge in [-0.05, 0) is 19.9 Å². The van der Waals surface area contributed by atoms with Crippen molar-refractivity contribution in [3.05, 3.63) is 33.9 Å². The first-order chi connectivity index (χ1) is 7.85. The number of nitro groups is 1. The Morgan fingerprint density at radius 2 is 2.18 bits per heavy atom. The summed E-state index contributed by atoms with van der Waals surface area (Å²) in [6.45, 7) is 3.38. The van der Waals surface area contributed by atoms with Crippen LogP contribution in [0.5, 0.6) is 5.75 Å². The largest absolute Gasteiger partial charge is 0.481 e. The zero-order chi connectivity index (χ0) is 12.4. The lowest BCUT2D eigenvalue weighted by atomic mass is 9.91. The predicted octanol–water partition coefficient (Wildman–Crippen LogP) is 1.53. The zero-order valence-electron chi connectivity index (χ0n) is 9.34. The SMILES string of the molecule is CC1(C)Oc2cc([N+](=O)[O-])ccc2[C@H]2O[C@]21O. The maximum Gasteiger partial charge on any atom is 0.273 e. The molecule has 2 heterocycles. The van der Waals surface area contributed by atoms with Crippen LogP contribution in [0.2, 0.25) is 0 Å². The molecule has 0 spiro atoms. The summed E-state index contributed by atoms with van der Waals surface area (Å²) in [6.07, 6.45) is -0.456. The van der Waals surface area contributed by atoms with E-state index in [0.717, 1.165) is 0 Å². The van der Waals surface area contributed by atoms with Crippen LogP contribution in [0.3, 0.4) is 0 Å². The van der Waals surface area contributed by atoms with Crippen LogP contribution in [0.25, 0.3) is 0 Å². The van der Waals surface area contributed by atoms with E-state index in [4.69, 9.17) is 9.47 Å². The second-order valence-electron chi connectivity index (χ2n) is 4.79. The third-order valence-corrected chi connectivity index (χ3v) is 3.31. The summed E-state index contributed by atoms with van der Waals surface area (Å²) >= 11 is 0. The van der Waals surface area contributed by atoms with Gasteiger partial charge >= 0.3 is 0 Å². The van der Waals surface area contributed by atoms with Crippen molar-refractivity contribution >= 4 is 5.69 Å². The number of non-ortho nitro benzene ring substituents is 1. The first kappa shape index (κ1) is 10.5. The lowest BCUT2D eigenvalue weighted by molar-refractivity contribution is -0.385. The van der Waals surface area contributed by atoms with Gasteiger partial charge in [-0.25, -0.2) is 0 Å². The molecule has 1 aromatic carbocycles. The van der Waals surface area contributed by atoms with Crippen molar-refractivity contribution in [2.75, 3.05) is 0 Å². The molecule has 17 heavy (non-hydrogen) atoms. The second kappa shape index (κ2) is 2.77. The Morgan fingerprint density at radius 1 is 1.47 bits per heavy atom. The van der Waals surface area contributed by atoms with Gasteiger partial charge < -0.3 is 14.6 Å². The maximum atomic E-state index is 10.7. The molecule has 6 nitrogen and oxygen atoms in total. The third-order valence-electron chi connectivity index (χ3n) is 3.31. The standard InChI is InChI=1S/C11H11NO5/c1-10(2)11(13)9(17-11)7-4-3-6(12(14)15)5-8(7)16-10/h3-5,9,13H,1-2H3/t9-,11-/m1/s1. The van der Waals surface area contributed by atoms with Crippen molar-refractivity contribution in [3.63, 3.8) is 0 Å². The average Bonchev–Trinajstić information content (AvgIpc) is 2.91. The molecule has 0 saturated carbocycles. The van der Waals surface area contributed by atoms with Gasteiger partial charge in [-0.3, -0.25) is 10.1 Å². The molecule has 2 aliphatic rings. The van der Waals surface area contributed by atoms with E-state index in [0.29, 0.717) is 11.3 Å². The lowest BCUT2D eigenvalue weighted by Gasteiger charge is -2.33. The Bertz CT molecular complexity index is 527. The van der Waals surface area contributed by atoms with Crippen molar-refractivity contribution in [1.82, 2.24) is 0 Å². The molecule has 0 aromatic heterocycles. The molecule has 2 atom stereocenters. The average molecular weight is 237 g/mol. The third kappa shape index (κ3) is 1.22. The van der Waals surface area contributed by atoms with Crippen LogP contribution in [0, 0.1) is 10.1 Å². The van der Waals surface area contributed by atoms with E-state index in [2.05, 4.69) is 0 Å². The Labute approximate surface area is 96.9 Å². The molecule has 6 heteroatoms. The smallest absolute Gasteiger partial charge is 0.273 e. The first-order valence-corrected chi connectivity index (χ1v) is 5.23. The minimum absolute atomic E-state index is 0.0364. The fourth-order valence-electron chi connectivity index (χ4n) is 2.17. The zero-order valence-corrected chi connectivity index (χ0v) is 9.34. The van der Waals surface area contributed by atoms with E-state index in [1.165, 1.54) is 12.1 Å². The number of rotatable bonds is 1. The molecule has 0 unspecified atom stereocenters. The number of epoxide rings is 1. The molecule has 0 aliphatic carbocycles. The summed E-state index contributed by atoms with van der Waals surface area (Å²) in [5.41, 5.74) is -0.303. The summed E-state index contributed by atoms with van der Waals surface area (Å²) in [6, 6.07) is 4.30. The number of hydrogen-bond donors (Lipinski definition) is 1. The molecule has 3 rings (SSSR count). The molecule has 0 radical (unpaired) electrons. The van der Waals surface area contributed by atoms with Crippen LogP contribution in [-0.4, -0.2) is 21.4 Å². The summed E-state index contributed by atoms with van der Waals surface area (Å²) in [5.74, 6) is -0.924. The topological polar surface area (TPSA) is 85.1 Å². The van der Waals surface area contributed by atoms with Crippen molar-refractivity contribution in [2.24, 2.45) is 0 Å². The van der Waals surface area contributed by atoms with Crippen molar-refractivity contribution in [1.29, 1.82) is 0 Å². The summed E-state index contributed by atoms with van der Waals surface area (Å²) in [7, 11) is 0. The molecule has 1 aromatic rings. The number of benzene rings is 1. The van der Waals surface area contributed by atoms with E-state index in [9.17, 15) is 15.2 Å². The normalized spacial score (nSPS) is 32.1. The van der Waals surface area contributed by atoms with Gasteiger partial charge in [0.1, 0.15) is 11.9 Å². The van der Waals surface area contributed by atoms with Gasteiger partial charge in [0.05, 0.1) is 11.0 Å². The Balaban J connectivity index is 2.10. The van der Waals surface area contributed by atoms with E-state index in [-0.39, 0.29) is 5.69 Å². The molecule has 1 N–H and O–H groups in total. The number of fused-ring (bicyclic) bond motifs is 3. The number of nitro benzene ring substituents is 1. The van der Waals surface area contributed by atoms with Crippen LogP contribution in [0.4, 0.5) is 5.69 Å². The highest BCUT2D eigenvalue weighted by Gasteiger charge is 2.70. The monoisotopic (exact) mass is 237 g/mol. The highest BCUT2D eigenvalue weighted by atomic mass is 16.8. The van der Waals surface area contributed by atoms with E-state index in [1.54, 1.807) is 19.9 Å². The van der Waals surface area contributed by atoms with Gasteiger partial charge in [-0.2, -0.15) is 0 Å². The van der Waals surface area contributed by atoms with Crippen LogP contribution < -0.4 is 4.74 Å². The van der Waals surface area contributed by atoms with Crippen molar-refractivity contribution in [3.8, 4) is 5.75 Å². The van der Waals surface area contributed by atoms with Crippen LogP contribution >= 0.6 is 0 Å². The number of ether oxygens (including phenoxy) is 2. The highest BCUT2D eigenvalue weighted by Crippen LogP contribution is 2.60. The van der Waals surface area contributed by atoms with Crippen molar-refractivity contribution < 1.29 is 19.5 Å². The van der Waals surface area contributed by atoms with Crippen LogP contribution in [0.1, 0.15) is 25.5 Å². The van der Waals surface area contributed by atoms with Crippen molar-refractivity contribution in [2.45, 2.75) is 31.3 Å².